The molecule has 31 heavy (non-hydrogen) atoms. The van der Waals surface area contributed by atoms with E-state index in [2.05, 4.69) is 67.4 Å². The van der Waals surface area contributed by atoms with Crippen LogP contribution in [0.3, 0.4) is 0 Å². The third kappa shape index (κ3) is 5.82. The first kappa shape index (κ1) is 23.2. The maximum atomic E-state index is 4.56. The van der Waals surface area contributed by atoms with Gasteiger partial charge in [-0.25, -0.2) is 9.97 Å². The van der Waals surface area contributed by atoms with Gasteiger partial charge in [-0.1, -0.05) is 36.4 Å². The van der Waals surface area contributed by atoms with E-state index >= 15 is 0 Å². The summed E-state index contributed by atoms with van der Waals surface area (Å²) < 4.78 is 2.18. The van der Waals surface area contributed by atoms with Crippen molar-refractivity contribution in [1.29, 1.82) is 0 Å². The largest absolute Gasteiger partial charge is 0.352 e. The van der Waals surface area contributed by atoms with Crippen LogP contribution in [-0.4, -0.2) is 27.5 Å². The molecule has 0 amide bonds. The molecule has 0 radical (unpaired) electrons. The monoisotopic (exact) mass is 546 g/mol. The Morgan fingerprint density at radius 3 is 2.42 bits per heavy atom. The van der Waals surface area contributed by atoms with Crippen molar-refractivity contribution in [2.24, 2.45) is 4.99 Å². The van der Waals surface area contributed by atoms with Crippen molar-refractivity contribution < 1.29 is 0 Å². The lowest BCUT2D eigenvalue weighted by Crippen LogP contribution is -2.36. The standard InChI is InChI=1S/C23H26N6S.HI/c1-16-17(2)30-22(28-16)13-26-23(24-3)25-12-18-8-10-19(11-9-18)14-29-15-27-20-6-4-5-7-21(20)29;/h4-11,15H,12-14H2,1-3H3,(H2,24,25,26);1H. The highest BCUT2D eigenvalue weighted by molar-refractivity contribution is 14.0. The van der Waals surface area contributed by atoms with E-state index in [9.17, 15) is 0 Å². The Morgan fingerprint density at radius 2 is 1.71 bits per heavy atom. The second-order valence-electron chi connectivity index (χ2n) is 7.21. The van der Waals surface area contributed by atoms with Gasteiger partial charge in [0.1, 0.15) is 5.01 Å². The molecule has 0 spiro atoms. The van der Waals surface area contributed by atoms with Gasteiger partial charge in [0.2, 0.25) is 0 Å². The summed E-state index contributed by atoms with van der Waals surface area (Å²) in [6, 6.07) is 16.9. The fraction of sp³-hybridized carbons (Fsp3) is 0.261. The Hall–Kier alpha value is -2.46. The first-order valence-corrected chi connectivity index (χ1v) is 10.8. The van der Waals surface area contributed by atoms with E-state index in [1.54, 1.807) is 18.4 Å². The second kappa shape index (κ2) is 10.7. The molecule has 0 saturated heterocycles. The molecule has 0 fully saturated rings. The van der Waals surface area contributed by atoms with Gasteiger partial charge in [0.05, 0.1) is 29.6 Å². The van der Waals surface area contributed by atoms with Gasteiger partial charge in [-0.3, -0.25) is 4.99 Å². The maximum Gasteiger partial charge on any atom is 0.191 e. The van der Waals surface area contributed by atoms with Gasteiger partial charge >= 0.3 is 0 Å². The number of thiazole rings is 1. The van der Waals surface area contributed by atoms with Gasteiger partial charge in [-0.2, -0.15) is 0 Å². The average Bonchev–Trinajstić information content (AvgIpc) is 3.32. The smallest absolute Gasteiger partial charge is 0.191 e. The fourth-order valence-electron chi connectivity index (χ4n) is 3.28. The molecule has 0 bridgehead atoms. The lowest BCUT2D eigenvalue weighted by atomic mass is 10.1. The summed E-state index contributed by atoms with van der Waals surface area (Å²) in [7, 11) is 1.78. The number of aromatic nitrogens is 3. The summed E-state index contributed by atoms with van der Waals surface area (Å²) in [6.45, 7) is 6.34. The van der Waals surface area contributed by atoms with Gasteiger partial charge in [-0.15, -0.1) is 35.3 Å². The Kier molecular flexibility index (Phi) is 8.03. The highest BCUT2D eigenvalue weighted by Gasteiger charge is 2.06. The van der Waals surface area contributed by atoms with E-state index in [0.29, 0.717) is 13.1 Å². The Labute approximate surface area is 203 Å². The number of imidazole rings is 1. The van der Waals surface area contributed by atoms with Gasteiger partial charge in [0.25, 0.3) is 0 Å². The maximum absolute atomic E-state index is 4.56. The number of nitrogens with one attached hydrogen (secondary N) is 2. The van der Waals surface area contributed by atoms with E-state index in [1.165, 1.54) is 16.0 Å². The minimum absolute atomic E-state index is 0. The SMILES string of the molecule is CN=C(NCc1ccc(Cn2cnc3ccccc32)cc1)NCc1nc(C)c(C)s1.I. The molecule has 0 saturated carbocycles. The third-order valence-electron chi connectivity index (χ3n) is 5.07. The van der Waals surface area contributed by atoms with Crippen LogP contribution >= 0.6 is 35.3 Å². The molecule has 6 nitrogen and oxygen atoms in total. The molecule has 0 unspecified atom stereocenters. The normalized spacial score (nSPS) is 11.4. The van der Waals surface area contributed by atoms with Crippen molar-refractivity contribution in [3.05, 3.63) is 81.6 Å². The highest BCUT2D eigenvalue weighted by Crippen LogP contribution is 2.16. The van der Waals surface area contributed by atoms with E-state index in [-0.39, 0.29) is 24.0 Å². The molecule has 162 valence electrons. The quantitative estimate of drug-likeness (QED) is 0.210. The summed E-state index contributed by atoms with van der Waals surface area (Å²) in [5.74, 6) is 0.773. The number of rotatable bonds is 6. The van der Waals surface area contributed by atoms with Gasteiger partial charge < -0.3 is 15.2 Å². The van der Waals surface area contributed by atoms with Crippen LogP contribution in [0.5, 0.6) is 0 Å². The summed E-state index contributed by atoms with van der Waals surface area (Å²) in [6.07, 6.45) is 1.90. The lowest BCUT2D eigenvalue weighted by Gasteiger charge is -2.11. The molecular weight excluding hydrogens is 519 g/mol. The van der Waals surface area contributed by atoms with Crippen LogP contribution in [0.1, 0.15) is 26.7 Å². The summed E-state index contributed by atoms with van der Waals surface area (Å²) >= 11 is 1.72. The Bertz CT molecular complexity index is 1140. The zero-order valence-electron chi connectivity index (χ0n) is 17.9. The van der Waals surface area contributed by atoms with E-state index in [0.717, 1.165) is 34.2 Å². The van der Waals surface area contributed by atoms with E-state index in [4.69, 9.17) is 0 Å². The van der Waals surface area contributed by atoms with Crippen LogP contribution in [-0.2, 0) is 19.6 Å². The predicted octanol–water partition coefficient (Wildman–Crippen LogP) is 4.64. The summed E-state index contributed by atoms with van der Waals surface area (Å²) in [5, 5.41) is 7.77. The van der Waals surface area contributed by atoms with Gasteiger partial charge in [0, 0.05) is 25.0 Å². The topological polar surface area (TPSA) is 67.1 Å². The number of aliphatic imine (C=N–C) groups is 1. The molecule has 0 aliphatic heterocycles. The number of para-hydroxylation sites is 2. The fourth-order valence-corrected chi connectivity index (χ4v) is 4.15. The van der Waals surface area contributed by atoms with Crippen molar-refractivity contribution in [2.45, 2.75) is 33.5 Å². The molecule has 2 aromatic carbocycles. The minimum atomic E-state index is 0. The second-order valence-corrected chi connectivity index (χ2v) is 8.49. The summed E-state index contributed by atoms with van der Waals surface area (Å²) in [4.78, 5) is 14.6. The van der Waals surface area contributed by atoms with Crippen molar-refractivity contribution in [2.75, 3.05) is 7.05 Å². The summed E-state index contributed by atoms with van der Waals surface area (Å²) in [5.41, 5.74) is 5.74. The number of benzene rings is 2. The minimum Gasteiger partial charge on any atom is -0.352 e. The average molecular weight is 546 g/mol. The van der Waals surface area contributed by atoms with Crippen LogP contribution < -0.4 is 10.6 Å². The zero-order chi connectivity index (χ0) is 20.9. The number of hydrogen-bond acceptors (Lipinski definition) is 4. The number of guanidine groups is 1. The predicted molar refractivity (Wildman–Crippen MR) is 139 cm³/mol. The molecule has 2 heterocycles. The first-order valence-electron chi connectivity index (χ1n) is 9.97. The van der Waals surface area contributed by atoms with Crippen molar-refractivity contribution in [1.82, 2.24) is 25.2 Å². The van der Waals surface area contributed by atoms with Crippen LogP contribution in [0.2, 0.25) is 0 Å². The molecule has 4 rings (SSSR count). The van der Waals surface area contributed by atoms with E-state index in [1.807, 2.05) is 31.5 Å². The number of nitrogens with zero attached hydrogens (tertiary/aromatic N) is 4. The lowest BCUT2D eigenvalue weighted by molar-refractivity contribution is 0.800. The molecule has 0 aliphatic rings. The number of halogens is 1. The van der Waals surface area contributed by atoms with Crippen molar-refractivity contribution >= 4 is 52.3 Å². The zero-order valence-corrected chi connectivity index (χ0v) is 21.1. The molecule has 2 N–H and O–H groups in total. The molecular formula is C23H27IN6S. The highest BCUT2D eigenvalue weighted by atomic mass is 127. The van der Waals surface area contributed by atoms with Gasteiger partial charge in [-0.05, 0) is 37.1 Å². The van der Waals surface area contributed by atoms with Crippen LogP contribution in [0.25, 0.3) is 11.0 Å². The Balaban J connectivity index is 0.00000272. The molecule has 2 aromatic heterocycles. The molecule has 8 heteroatoms. The molecule has 0 aliphatic carbocycles. The van der Waals surface area contributed by atoms with Crippen LogP contribution in [0.15, 0.2) is 59.9 Å². The van der Waals surface area contributed by atoms with Crippen LogP contribution in [0.4, 0.5) is 0 Å². The molecule has 0 atom stereocenters. The number of aryl methyl sites for hydroxylation is 2. The first-order chi connectivity index (χ1) is 14.6. The van der Waals surface area contributed by atoms with Crippen molar-refractivity contribution in [3.63, 3.8) is 0 Å². The number of fused-ring (bicyclic) bond motifs is 1. The van der Waals surface area contributed by atoms with Crippen LogP contribution in [0, 0.1) is 13.8 Å². The molecule has 4 aromatic rings. The van der Waals surface area contributed by atoms with Gasteiger partial charge in [0.15, 0.2) is 5.96 Å². The van der Waals surface area contributed by atoms with E-state index < -0.39 is 0 Å². The Morgan fingerprint density at radius 1 is 1.00 bits per heavy atom. The van der Waals surface area contributed by atoms with Crippen molar-refractivity contribution in [3.8, 4) is 0 Å². The number of hydrogen-bond donors (Lipinski definition) is 2. The third-order valence-corrected chi connectivity index (χ3v) is 6.14.